The van der Waals surface area contributed by atoms with Gasteiger partial charge in [-0.1, -0.05) is 55.5 Å². The Labute approximate surface area is 154 Å². The fourth-order valence-corrected chi connectivity index (χ4v) is 2.94. The zero-order valence-electron chi connectivity index (χ0n) is 15.1. The first-order valence-corrected chi connectivity index (χ1v) is 8.67. The molecule has 2 aromatic rings. The smallest absolute Gasteiger partial charge is 0.326 e. The summed E-state index contributed by atoms with van der Waals surface area (Å²) in [6.45, 7) is 1.97. The average Bonchev–Trinajstić information content (AvgIpc) is 2.62. The zero-order valence-corrected chi connectivity index (χ0v) is 15.1. The predicted molar refractivity (Wildman–Crippen MR) is 100 cm³/mol. The summed E-state index contributed by atoms with van der Waals surface area (Å²) in [4.78, 5) is 23.8. The number of carbonyl (C=O) groups excluding carboxylic acids is 1. The van der Waals surface area contributed by atoms with E-state index in [1.807, 2.05) is 61.5 Å². The van der Waals surface area contributed by atoms with E-state index in [1.165, 1.54) is 0 Å². The molecule has 5 nitrogen and oxygen atoms in total. The Kier molecular flexibility index (Phi) is 7.21. The molecule has 2 aromatic carbocycles. The van der Waals surface area contributed by atoms with Crippen LogP contribution >= 0.6 is 0 Å². The minimum atomic E-state index is -1.03. The fraction of sp³-hybridized carbons (Fsp3) is 0.333. The maximum absolute atomic E-state index is 12.3. The summed E-state index contributed by atoms with van der Waals surface area (Å²) in [5.41, 5.74) is 1.91. The van der Waals surface area contributed by atoms with Crippen LogP contribution in [0.1, 0.15) is 24.5 Å². The molecule has 2 unspecified atom stereocenters. The van der Waals surface area contributed by atoms with Gasteiger partial charge in [-0.3, -0.25) is 4.79 Å². The SMILES string of the molecule is COc1ccccc1CC(C)CC(=O)NC(Cc1ccccc1)C(=O)O. The second kappa shape index (κ2) is 9.61. The Morgan fingerprint density at radius 2 is 1.69 bits per heavy atom. The van der Waals surface area contributed by atoms with Gasteiger partial charge in [-0.05, 0) is 29.5 Å². The second-order valence-electron chi connectivity index (χ2n) is 6.47. The van der Waals surface area contributed by atoms with Gasteiger partial charge in [0, 0.05) is 12.8 Å². The molecule has 26 heavy (non-hydrogen) atoms. The minimum Gasteiger partial charge on any atom is -0.496 e. The molecule has 1 amide bonds. The first-order valence-electron chi connectivity index (χ1n) is 8.67. The van der Waals surface area contributed by atoms with Gasteiger partial charge in [0.1, 0.15) is 11.8 Å². The van der Waals surface area contributed by atoms with Crippen LogP contribution in [0.3, 0.4) is 0 Å². The molecule has 2 atom stereocenters. The van der Waals surface area contributed by atoms with Crippen LogP contribution in [0, 0.1) is 5.92 Å². The van der Waals surface area contributed by atoms with E-state index >= 15 is 0 Å². The number of carbonyl (C=O) groups is 2. The van der Waals surface area contributed by atoms with Crippen molar-refractivity contribution >= 4 is 11.9 Å². The normalized spacial score (nSPS) is 12.8. The molecule has 0 heterocycles. The summed E-state index contributed by atoms with van der Waals surface area (Å²) in [6.07, 6.45) is 1.22. The van der Waals surface area contributed by atoms with Gasteiger partial charge >= 0.3 is 5.97 Å². The standard InChI is InChI=1S/C21H25NO4/c1-15(12-17-10-6-7-11-19(17)26-2)13-20(23)22-18(21(24)25)14-16-8-4-3-5-9-16/h3-11,15,18H,12-14H2,1-2H3,(H,22,23)(H,24,25). The monoisotopic (exact) mass is 355 g/mol. The lowest BCUT2D eigenvalue weighted by Crippen LogP contribution is -2.42. The third-order valence-corrected chi connectivity index (χ3v) is 4.21. The fourth-order valence-electron chi connectivity index (χ4n) is 2.94. The summed E-state index contributed by atoms with van der Waals surface area (Å²) in [5, 5.41) is 12.0. The molecule has 0 aliphatic rings. The van der Waals surface area contributed by atoms with E-state index in [-0.39, 0.29) is 24.7 Å². The van der Waals surface area contributed by atoms with E-state index in [1.54, 1.807) is 7.11 Å². The highest BCUT2D eigenvalue weighted by atomic mass is 16.5. The van der Waals surface area contributed by atoms with Crippen molar-refractivity contribution in [2.75, 3.05) is 7.11 Å². The molecule has 0 radical (unpaired) electrons. The van der Waals surface area contributed by atoms with Crippen molar-refractivity contribution in [1.29, 1.82) is 0 Å². The molecule has 0 fully saturated rings. The van der Waals surface area contributed by atoms with Crippen LogP contribution in [0.25, 0.3) is 0 Å². The maximum atomic E-state index is 12.3. The maximum Gasteiger partial charge on any atom is 0.326 e. The number of rotatable bonds is 9. The van der Waals surface area contributed by atoms with Gasteiger partial charge in [-0.15, -0.1) is 0 Å². The number of aliphatic carboxylic acids is 1. The average molecular weight is 355 g/mol. The Morgan fingerprint density at radius 3 is 2.35 bits per heavy atom. The largest absolute Gasteiger partial charge is 0.496 e. The first kappa shape index (κ1) is 19.5. The molecule has 5 heteroatoms. The molecular formula is C21H25NO4. The Hall–Kier alpha value is -2.82. The van der Waals surface area contributed by atoms with Crippen LogP contribution < -0.4 is 10.1 Å². The first-order chi connectivity index (χ1) is 12.5. The number of benzene rings is 2. The number of ether oxygens (including phenoxy) is 1. The highest BCUT2D eigenvalue weighted by molar-refractivity contribution is 5.83. The molecule has 0 aliphatic carbocycles. The number of carboxylic acids is 1. The quantitative estimate of drug-likeness (QED) is 0.725. The van der Waals surface area contributed by atoms with Gasteiger partial charge in [0.15, 0.2) is 0 Å². The predicted octanol–water partition coefficient (Wildman–Crippen LogP) is 3.08. The molecule has 0 saturated carbocycles. The second-order valence-corrected chi connectivity index (χ2v) is 6.47. The van der Waals surface area contributed by atoms with E-state index in [0.717, 1.165) is 16.9 Å². The van der Waals surface area contributed by atoms with Crippen molar-refractivity contribution in [3.05, 3.63) is 65.7 Å². The van der Waals surface area contributed by atoms with E-state index < -0.39 is 12.0 Å². The Bertz CT molecular complexity index is 730. The third-order valence-electron chi connectivity index (χ3n) is 4.21. The van der Waals surface area contributed by atoms with Crippen LogP contribution in [0.5, 0.6) is 5.75 Å². The molecule has 0 saturated heterocycles. The minimum absolute atomic E-state index is 0.0671. The van der Waals surface area contributed by atoms with Gasteiger partial charge in [0.25, 0.3) is 0 Å². The van der Waals surface area contributed by atoms with Crippen molar-refractivity contribution in [3.63, 3.8) is 0 Å². The molecule has 0 aliphatic heterocycles. The van der Waals surface area contributed by atoms with Crippen molar-refractivity contribution in [2.24, 2.45) is 5.92 Å². The molecule has 0 spiro atoms. The number of amides is 1. The van der Waals surface area contributed by atoms with E-state index in [0.29, 0.717) is 6.42 Å². The van der Waals surface area contributed by atoms with Crippen molar-refractivity contribution in [3.8, 4) is 5.75 Å². The molecular weight excluding hydrogens is 330 g/mol. The van der Waals surface area contributed by atoms with Crippen LogP contribution in [-0.2, 0) is 22.4 Å². The number of carboxylic acid groups (broad SMARTS) is 1. The van der Waals surface area contributed by atoms with Gasteiger partial charge in [-0.25, -0.2) is 4.79 Å². The summed E-state index contributed by atoms with van der Waals surface area (Å²) in [6, 6.07) is 16.1. The zero-order chi connectivity index (χ0) is 18.9. The molecule has 138 valence electrons. The van der Waals surface area contributed by atoms with Crippen molar-refractivity contribution in [2.45, 2.75) is 32.2 Å². The van der Waals surface area contributed by atoms with Crippen LogP contribution in [0.2, 0.25) is 0 Å². The number of methoxy groups -OCH3 is 1. The van der Waals surface area contributed by atoms with Gasteiger partial charge in [0.05, 0.1) is 7.11 Å². The summed E-state index contributed by atoms with van der Waals surface area (Å²) in [7, 11) is 1.62. The number of hydrogen-bond donors (Lipinski definition) is 2. The van der Waals surface area contributed by atoms with Gasteiger partial charge in [-0.2, -0.15) is 0 Å². The number of nitrogens with one attached hydrogen (secondary N) is 1. The van der Waals surface area contributed by atoms with Crippen LogP contribution in [-0.4, -0.2) is 30.1 Å². The van der Waals surface area contributed by atoms with Crippen LogP contribution in [0.15, 0.2) is 54.6 Å². The lowest BCUT2D eigenvalue weighted by Gasteiger charge is -2.17. The Morgan fingerprint density at radius 1 is 1.04 bits per heavy atom. The number of hydrogen-bond acceptors (Lipinski definition) is 3. The number of para-hydroxylation sites is 1. The molecule has 0 aromatic heterocycles. The van der Waals surface area contributed by atoms with E-state index in [9.17, 15) is 14.7 Å². The highest BCUT2D eigenvalue weighted by Gasteiger charge is 2.21. The summed E-state index contributed by atoms with van der Waals surface area (Å²) in [5.74, 6) is -0.417. The summed E-state index contributed by atoms with van der Waals surface area (Å²) >= 11 is 0. The third kappa shape index (κ3) is 5.92. The van der Waals surface area contributed by atoms with E-state index in [4.69, 9.17) is 4.74 Å². The highest BCUT2D eigenvalue weighted by Crippen LogP contribution is 2.22. The summed E-state index contributed by atoms with van der Waals surface area (Å²) < 4.78 is 5.34. The molecule has 2 rings (SSSR count). The van der Waals surface area contributed by atoms with Crippen molar-refractivity contribution < 1.29 is 19.4 Å². The van der Waals surface area contributed by atoms with Gasteiger partial charge in [0.2, 0.25) is 5.91 Å². The topological polar surface area (TPSA) is 75.6 Å². The van der Waals surface area contributed by atoms with Crippen LogP contribution in [0.4, 0.5) is 0 Å². The molecule has 2 N–H and O–H groups in total. The molecule has 0 bridgehead atoms. The lowest BCUT2D eigenvalue weighted by atomic mass is 9.96. The van der Waals surface area contributed by atoms with E-state index in [2.05, 4.69) is 5.32 Å². The lowest BCUT2D eigenvalue weighted by molar-refractivity contribution is -0.141. The Balaban J connectivity index is 1.91. The van der Waals surface area contributed by atoms with Crippen molar-refractivity contribution in [1.82, 2.24) is 5.32 Å². The van der Waals surface area contributed by atoms with Gasteiger partial charge < -0.3 is 15.2 Å².